The number of amides is 1. The van der Waals surface area contributed by atoms with Crippen molar-refractivity contribution in [3.8, 4) is 0 Å². The average molecular weight is 502 g/mol. The van der Waals surface area contributed by atoms with E-state index in [0.717, 1.165) is 11.1 Å². The zero-order chi connectivity index (χ0) is 25.8. The molecule has 0 radical (unpaired) electrons. The number of para-hydroxylation sites is 1. The van der Waals surface area contributed by atoms with E-state index in [1.54, 1.807) is 18.2 Å². The number of nitrogens with zero attached hydrogens (tertiary/aromatic N) is 4. The van der Waals surface area contributed by atoms with Crippen LogP contribution in [0.5, 0.6) is 0 Å². The van der Waals surface area contributed by atoms with Gasteiger partial charge in [0.15, 0.2) is 0 Å². The molecule has 2 aliphatic rings. The maximum Gasteiger partial charge on any atom is 0.291 e. The number of hydrogen-bond acceptors (Lipinski definition) is 8. The molecule has 4 N–H and O–H groups in total. The van der Waals surface area contributed by atoms with Crippen molar-refractivity contribution in [1.29, 1.82) is 5.41 Å². The van der Waals surface area contributed by atoms with E-state index >= 15 is 0 Å². The Morgan fingerprint density at radius 2 is 1.84 bits per heavy atom. The molecule has 1 aromatic heterocycles. The number of carbonyl (C=O) groups is 1. The van der Waals surface area contributed by atoms with E-state index in [-0.39, 0.29) is 5.56 Å². The lowest BCUT2D eigenvalue weighted by molar-refractivity contribution is -0.117. The largest absolute Gasteiger partial charge is 0.407 e. The molecule has 0 aliphatic carbocycles. The molecule has 0 bridgehead atoms. The normalized spacial score (nSPS) is 17.8. The number of fused-ring (bicyclic) bond motifs is 1. The number of aromatic nitrogens is 1. The van der Waals surface area contributed by atoms with Gasteiger partial charge in [0.1, 0.15) is 5.82 Å². The van der Waals surface area contributed by atoms with E-state index in [2.05, 4.69) is 20.3 Å². The van der Waals surface area contributed by atoms with E-state index in [0.29, 0.717) is 43.5 Å². The van der Waals surface area contributed by atoms with Crippen molar-refractivity contribution in [3.05, 3.63) is 89.4 Å². The third kappa shape index (κ3) is 5.31. The van der Waals surface area contributed by atoms with Gasteiger partial charge in [0.25, 0.3) is 11.9 Å². The topological polar surface area (TPSA) is 138 Å². The molecular formula is C26H24FN7O3. The molecule has 3 heterocycles. The van der Waals surface area contributed by atoms with Crippen molar-refractivity contribution in [1.82, 2.24) is 4.98 Å². The van der Waals surface area contributed by atoms with Crippen LogP contribution in [0.25, 0.3) is 0 Å². The van der Waals surface area contributed by atoms with Crippen molar-refractivity contribution < 1.29 is 18.7 Å². The lowest BCUT2D eigenvalue weighted by Gasteiger charge is -2.27. The van der Waals surface area contributed by atoms with E-state index in [1.807, 2.05) is 47.4 Å². The van der Waals surface area contributed by atoms with Gasteiger partial charge in [-0.2, -0.15) is 9.38 Å². The highest BCUT2D eigenvalue weighted by atomic mass is 19.1. The van der Waals surface area contributed by atoms with E-state index < -0.39 is 29.9 Å². The summed E-state index contributed by atoms with van der Waals surface area (Å²) < 4.78 is 25.3. The lowest BCUT2D eigenvalue weighted by atomic mass is 10.0. The molecule has 1 amide bonds. The highest BCUT2D eigenvalue weighted by Gasteiger charge is 2.26. The van der Waals surface area contributed by atoms with E-state index in [4.69, 9.17) is 20.6 Å². The highest BCUT2D eigenvalue weighted by molar-refractivity contribution is 6.19. The Kier molecular flexibility index (Phi) is 6.86. The number of anilines is 2. The van der Waals surface area contributed by atoms with Crippen molar-refractivity contribution in [2.45, 2.75) is 6.17 Å². The molecule has 0 saturated carbocycles. The van der Waals surface area contributed by atoms with Gasteiger partial charge in [0.2, 0.25) is 18.0 Å². The molecule has 188 valence electrons. The highest BCUT2D eigenvalue weighted by Crippen LogP contribution is 2.24. The van der Waals surface area contributed by atoms with Gasteiger partial charge in [-0.05, 0) is 18.2 Å². The first-order valence-electron chi connectivity index (χ1n) is 11.6. The third-order valence-corrected chi connectivity index (χ3v) is 5.84. The molecule has 37 heavy (non-hydrogen) atoms. The summed E-state index contributed by atoms with van der Waals surface area (Å²) in [4.78, 5) is 27.4. The number of nitrogens with one attached hydrogen (secondary N) is 2. The first kappa shape index (κ1) is 24.1. The van der Waals surface area contributed by atoms with Crippen LogP contribution in [-0.4, -0.2) is 61.0 Å². The van der Waals surface area contributed by atoms with Gasteiger partial charge >= 0.3 is 0 Å². The van der Waals surface area contributed by atoms with Crippen LogP contribution in [0.2, 0.25) is 0 Å². The van der Waals surface area contributed by atoms with Gasteiger partial charge in [-0.15, -0.1) is 0 Å². The van der Waals surface area contributed by atoms with Crippen LogP contribution >= 0.6 is 0 Å². The maximum atomic E-state index is 14.7. The number of pyridine rings is 1. The zero-order valence-corrected chi connectivity index (χ0v) is 19.7. The van der Waals surface area contributed by atoms with Crippen LogP contribution in [0.1, 0.15) is 16.7 Å². The van der Waals surface area contributed by atoms with Crippen LogP contribution in [0.4, 0.5) is 15.9 Å². The Morgan fingerprint density at radius 3 is 2.59 bits per heavy atom. The minimum atomic E-state index is -1.29. The third-order valence-electron chi connectivity index (χ3n) is 5.84. The predicted molar refractivity (Wildman–Crippen MR) is 138 cm³/mol. The van der Waals surface area contributed by atoms with Crippen molar-refractivity contribution in [2.75, 3.05) is 36.5 Å². The number of halogens is 1. The Hall–Kier alpha value is -4.64. The van der Waals surface area contributed by atoms with E-state index in [1.165, 1.54) is 6.07 Å². The molecule has 10 nitrogen and oxygen atoms in total. The molecule has 1 unspecified atom stereocenters. The molecule has 11 heteroatoms. The van der Waals surface area contributed by atoms with Crippen LogP contribution in [0, 0.1) is 11.4 Å². The molecule has 3 aromatic rings. The van der Waals surface area contributed by atoms with Crippen molar-refractivity contribution >= 4 is 35.0 Å². The summed E-state index contributed by atoms with van der Waals surface area (Å²) in [6.45, 7) is 2.26. The van der Waals surface area contributed by atoms with Gasteiger partial charge in [-0.1, -0.05) is 48.5 Å². The molecule has 1 saturated heterocycles. The Balaban J connectivity index is 1.38. The van der Waals surface area contributed by atoms with Crippen LogP contribution in [0.15, 0.2) is 76.7 Å². The van der Waals surface area contributed by atoms with Crippen LogP contribution in [-0.2, 0) is 14.3 Å². The second-order valence-electron chi connectivity index (χ2n) is 8.26. The lowest BCUT2D eigenvalue weighted by Crippen LogP contribution is -2.37. The molecule has 1 fully saturated rings. The fraction of sp³-hybridized carbons (Fsp3) is 0.192. The monoisotopic (exact) mass is 501 g/mol. The van der Waals surface area contributed by atoms with Crippen molar-refractivity contribution in [2.24, 2.45) is 15.7 Å². The van der Waals surface area contributed by atoms with Gasteiger partial charge in [-0.3, -0.25) is 10.2 Å². The summed E-state index contributed by atoms with van der Waals surface area (Å²) in [5.41, 5.74) is 8.35. The standard InChI is InChI=1S/C26H24FN7O3/c27-22-18(10-11-20(31-22)34-12-14-36-15-13-34)23(28)37-26(29)33-24-25(35)30-19-9-5-4-8-17(19)21(32-24)16-6-2-1-3-7-16/h1-11,24,28H,12-15H2,(H2,29,33)(H,30,35). The number of morpholine rings is 1. The molecule has 0 spiro atoms. The number of aliphatic imine (C=N–C) groups is 2. The molecule has 2 aliphatic heterocycles. The zero-order valence-electron chi connectivity index (χ0n) is 19.7. The minimum absolute atomic E-state index is 0.193. The Labute approximate surface area is 212 Å². The van der Waals surface area contributed by atoms with Gasteiger partial charge in [-0.25, -0.2) is 9.98 Å². The number of carbonyl (C=O) groups excluding carboxylic acids is 1. The maximum absolute atomic E-state index is 14.7. The molecular weight excluding hydrogens is 477 g/mol. The summed E-state index contributed by atoms with van der Waals surface area (Å²) in [6.07, 6.45) is -1.29. The Morgan fingerprint density at radius 1 is 1.11 bits per heavy atom. The van der Waals surface area contributed by atoms with Gasteiger partial charge in [0, 0.05) is 24.2 Å². The smallest absolute Gasteiger partial charge is 0.291 e. The predicted octanol–water partition coefficient (Wildman–Crippen LogP) is 2.53. The summed E-state index contributed by atoms with van der Waals surface area (Å²) in [7, 11) is 0. The Bertz CT molecular complexity index is 1390. The van der Waals surface area contributed by atoms with Crippen LogP contribution < -0.4 is 16.0 Å². The van der Waals surface area contributed by atoms with E-state index in [9.17, 15) is 9.18 Å². The second-order valence-corrected chi connectivity index (χ2v) is 8.26. The molecule has 2 aromatic carbocycles. The minimum Gasteiger partial charge on any atom is -0.407 e. The summed E-state index contributed by atoms with van der Waals surface area (Å²) >= 11 is 0. The van der Waals surface area contributed by atoms with Gasteiger partial charge in [0.05, 0.1) is 30.2 Å². The first-order chi connectivity index (χ1) is 18.0. The quantitative estimate of drug-likeness (QED) is 0.285. The van der Waals surface area contributed by atoms with Crippen molar-refractivity contribution in [3.63, 3.8) is 0 Å². The number of rotatable bonds is 4. The fourth-order valence-electron chi connectivity index (χ4n) is 4.03. The number of ether oxygens (including phenoxy) is 2. The average Bonchev–Trinajstić information content (AvgIpc) is 3.05. The van der Waals surface area contributed by atoms with Gasteiger partial charge < -0.3 is 25.4 Å². The second kappa shape index (κ2) is 10.5. The fourth-order valence-corrected chi connectivity index (χ4v) is 4.03. The molecule has 1 atom stereocenters. The first-order valence-corrected chi connectivity index (χ1v) is 11.6. The number of amidine groups is 1. The summed E-state index contributed by atoms with van der Waals surface area (Å²) in [5.74, 6) is -1.56. The van der Waals surface area contributed by atoms with Crippen LogP contribution in [0.3, 0.4) is 0 Å². The molecule has 5 rings (SSSR count). The number of benzodiazepines with no additional fused rings is 1. The SMILES string of the molecule is N=C(O/C(N)=N/C1N=C(c2ccccc2)c2ccccc2NC1=O)c1ccc(N2CCOCC2)nc1F. The summed E-state index contributed by atoms with van der Waals surface area (Å²) in [5, 5.41) is 11.0. The number of hydrogen-bond donors (Lipinski definition) is 3. The number of benzene rings is 2. The number of nitrogens with two attached hydrogens (primary N) is 1. The summed E-state index contributed by atoms with van der Waals surface area (Å²) in [6, 6.07) is 19.1.